The molecule has 0 N–H and O–H groups in total. The van der Waals surface area contributed by atoms with Crippen LogP contribution in [0.15, 0.2) is 364 Å². The predicted molar refractivity (Wildman–Crippen MR) is 447 cm³/mol. The lowest BCUT2D eigenvalue weighted by molar-refractivity contribution is 0.656. The summed E-state index contributed by atoms with van der Waals surface area (Å²) in [5.41, 5.74) is 35.1. The van der Waals surface area contributed by atoms with Gasteiger partial charge < -0.3 is 18.3 Å². The van der Waals surface area contributed by atoms with E-state index in [1.54, 1.807) is 0 Å². The molecule has 0 aliphatic heterocycles. The van der Waals surface area contributed by atoms with Crippen LogP contribution in [0.2, 0.25) is 0 Å². The van der Waals surface area contributed by atoms with Gasteiger partial charge in [-0.25, -0.2) is 0 Å². The summed E-state index contributed by atoms with van der Waals surface area (Å²) in [6.45, 7) is 9.44. The summed E-state index contributed by atoms with van der Waals surface area (Å²) in [4.78, 5) is 0. The fraction of sp³-hybridized carbons (Fsp3) is 0.0588. The fourth-order valence-corrected chi connectivity index (χ4v) is 18.5. The van der Waals surface area contributed by atoms with Gasteiger partial charge in [0, 0.05) is 71.0 Å². The van der Waals surface area contributed by atoms with Gasteiger partial charge in [0.1, 0.15) is 0 Å². The van der Waals surface area contributed by atoms with Crippen molar-refractivity contribution in [3.63, 3.8) is 0 Å². The van der Waals surface area contributed by atoms with Crippen LogP contribution in [0, 0.1) is 0 Å². The Kier molecular flexibility index (Phi) is 13.7. The lowest BCUT2D eigenvalue weighted by atomic mass is 9.81. The first kappa shape index (κ1) is 61.4. The molecule has 2 aliphatic carbocycles. The molecule has 4 nitrogen and oxygen atoms in total. The Balaban J connectivity index is 0.000000136. The third kappa shape index (κ3) is 9.33. The van der Waals surface area contributed by atoms with Gasteiger partial charge in [-0.1, -0.05) is 276 Å². The molecule has 106 heavy (non-hydrogen) atoms. The summed E-state index contributed by atoms with van der Waals surface area (Å²) in [5, 5.41) is 10.1. The van der Waals surface area contributed by atoms with E-state index in [0.717, 1.165) is 5.69 Å². The van der Waals surface area contributed by atoms with Crippen LogP contribution in [0.25, 0.3) is 177 Å². The average molecular weight is 1350 g/mol. The molecular formula is C102H72N4. The highest BCUT2D eigenvalue weighted by atomic mass is 15.0. The summed E-state index contributed by atoms with van der Waals surface area (Å²) in [5.74, 6) is 0. The molecule has 500 valence electrons. The summed E-state index contributed by atoms with van der Waals surface area (Å²) in [6, 6.07) is 134. The third-order valence-electron chi connectivity index (χ3n) is 23.4. The number of rotatable bonds is 8. The zero-order chi connectivity index (χ0) is 70.5. The maximum Gasteiger partial charge on any atom is 0.0541 e. The summed E-state index contributed by atoms with van der Waals surface area (Å²) >= 11 is 0. The molecule has 2 aliphatic rings. The van der Waals surface area contributed by atoms with E-state index >= 15 is 0 Å². The SMILES string of the molecule is CC1(C)c2ccccc2-c2cc(-n3c4ccccc4c4cc(-c5ccc6c(c5)c5ccccc5n6-c5cccc(-c6ccccc6)c5)ccc43)ccc21.CC1(C)c2ccccc2-c2cccc(-n3c4ccccc4c4cc(-c5ccc6c(c5)c5ccccc5n6-c5cccc(-c6ccccc6)c5)ccc43)c21. The molecule has 0 fully saturated rings. The molecular weight excluding hydrogens is 1280 g/mol. The van der Waals surface area contributed by atoms with Crippen LogP contribution in [-0.4, -0.2) is 18.3 Å². The van der Waals surface area contributed by atoms with E-state index in [-0.39, 0.29) is 10.8 Å². The average Bonchev–Trinajstić information content (AvgIpc) is 1.56. The summed E-state index contributed by atoms with van der Waals surface area (Å²) in [6.07, 6.45) is 0. The Bertz CT molecular complexity index is 7000. The number of fused-ring (bicyclic) bond motifs is 18. The van der Waals surface area contributed by atoms with Crippen LogP contribution in [0.3, 0.4) is 0 Å². The number of nitrogens with zero attached hydrogens (tertiary/aromatic N) is 4. The fourth-order valence-electron chi connectivity index (χ4n) is 18.5. The maximum atomic E-state index is 2.50. The highest BCUT2D eigenvalue weighted by molar-refractivity contribution is 6.15. The molecule has 4 aromatic heterocycles. The van der Waals surface area contributed by atoms with E-state index in [9.17, 15) is 0 Å². The predicted octanol–water partition coefficient (Wildman–Crippen LogP) is 27.0. The second-order valence-corrected chi connectivity index (χ2v) is 29.9. The van der Waals surface area contributed by atoms with E-state index in [2.05, 4.69) is 410 Å². The molecule has 0 saturated carbocycles. The Morgan fingerprint density at radius 2 is 0.491 bits per heavy atom. The van der Waals surface area contributed by atoms with Crippen molar-refractivity contribution in [1.82, 2.24) is 18.3 Å². The highest BCUT2D eigenvalue weighted by Crippen LogP contribution is 2.53. The van der Waals surface area contributed by atoms with Crippen molar-refractivity contribution in [2.24, 2.45) is 0 Å². The van der Waals surface area contributed by atoms with E-state index in [0.29, 0.717) is 0 Å². The van der Waals surface area contributed by atoms with E-state index in [1.165, 1.54) is 193 Å². The number of aromatic nitrogens is 4. The van der Waals surface area contributed by atoms with Crippen molar-refractivity contribution in [1.29, 1.82) is 0 Å². The number of benzene rings is 16. The van der Waals surface area contributed by atoms with Crippen LogP contribution in [0.4, 0.5) is 0 Å². The second-order valence-electron chi connectivity index (χ2n) is 29.9. The number of para-hydroxylation sites is 4. The van der Waals surface area contributed by atoms with Crippen molar-refractivity contribution < 1.29 is 0 Å². The number of hydrogen-bond acceptors (Lipinski definition) is 0. The maximum absolute atomic E-state index is 2.50. The lowest BCUT2D eigenvalue weighted by Gasteiger charge is -2.25. The largest absolute Gasteiger partial charge is 0.309 e. The van der Waals surface area contributed by atoms with E-state index in [1.807, 2.05) is 0 Å². The molecule has 4 heterocycles. The first-order valence-corrected chi connectivity index (χ1v) is 37.0. The Morgan fingerprint density at radius 1 is 0.179 bits per heavy atom. The van der Waals surface area contributed by atoms with Crippen LogP contribution < -0.4 is 0 Å². The molecule has 0 radical (unpaired) electrons. The van der Waals surface area contributed by atoms with Crippen molar-refractivity contribution in [2.75, 3.05) is 0 Å². The highest BCUT2D eigenvalue weighted by Gasteiger charge is 2.39. The van der Waals surface area contributed by atoms with Crippen molar-refractivity contribution in [3.8, 4) is 89.5 Å². The van der Waals surface area contributed by atoms with Crippen LogP contribution in [-0.2, 0) is 10.8 Å². The summed E-state index contributed by atoms with van der Waals surface area (Å²) < 4.78 is 9.77. The standard InChI is InChI=1S/2C51H36N2/c1-51(2)44-22-9-6-18-38(44)41-21-13-25-49(50(41)51)53-46-24-11-8-20-40(46)43-32-36(27-29-48(43)53)35-26-28-47-42(31-35)39-19-7-10-23-45(39)52(47)37-17-12-16-34(30-37)33-14-4-3-5-15-33;1-51(2)45-20-9-6-17-39(45)42-32-38(25-26-46(42)51)53-48-22-11-8-19-41(48)44-31-36(24-28-50(44)53)35-23-27-49-43(30-35)40-18-7-10-21-47(40)52(49)37-16-12-15-34(29-37)33-13-4-3-5-14-33/h2*3-32H,1-2H3. The molecule has 0 atom stereocenters. The molecule has 0 spiro atoms. The molecule has 0 amide bonds. The smallest absolute Gasteiger partial charge is 0.0541 e. The lowest BCUT2D eigenvalue weighted by Crippen LogP contribution is -2.17. The van der Waals surface area contributed by atoms with Gasteiger partial charge >= 0.3 is 0 Å². The van der Waals surface area contributed by atoms with Gasteiger partial charge in [0.15, 0.2) is 0 Å². The molecule has 0 saturated heterocycles. The molecule has 16 aromatic carbocycles. The first-order valence-electron chi connectivity index (χ1n) is 37.0. The molecule has 4 heteroatoms. The van der Waals surface area contributed by atoms with Crippen LogP contribution >= 0.6 is 0 Å². The molecule has 0 bridgehead atoms. The van der Waals surface area contributed by atoms with Crippen LogP contribution in [0.1, 0.15) is 49.9 Å². The Labute approximate surface area is 615 Å². The zero-order valence-corrected chi connectivity index (χ0v) is 59.4. The minimum atomic E-state index is -0.113. The Morgan fingerprint density at radius 3 is 0.943 bits per heavy atom. The van der Waals surface area contributed by atoms with Gasteiger partial charge in [0.25, 0.3) is 0 Å². The molecule has 22 rings (SSSR count). The van der Waals surface area contributed by atoms with Crippen molar-refractivity contribution >= 4 is 87.2 Å². The minimum Gasteiger partial charge on any atom is -0.309 e. The topological polar surface area (TPSA) is 19.7 Å². The first-order chi connectivity index (χ1) is 52.1. The summed E-state index contributed by atoms with van der Waals surface area (Å²) in [7, 11) is 0. The molecule has 0 unspecified atom stereocenters. The zero-order valence-electron chi connectivity index (χ0n) is 59.4. The van der Waals surface area contributed by atoms with Crippen LogP contribution in [0.5, 0.6) is 0 Å². The van der Waals surface area contributed by atoms with Gasteiger partial charge in [-0.3, -0.25) is 0 Å². The van der Waals surface area contributed by atoms with Gasteiger partial charge in [-0.2, -0.15) is 0 Å². The quantitative estimate of drug-likeness (QED) is 0.144. The Hall–Kier alpha value is -13.3. The molecule has 20 aromatic rings. The normalized spacial score (nSPS) is 13.2. The monoisotopic (exact) mass is 1350 g/mol. The van der Waals surface area contributed by atoms with Crippen molar-refractivity contribution in [3.05, 3.63) is 386 Å². The van der Waals surface area contributed by atoms with E-state index < -0.39 is 0 Å². The second kappa shape index (κ2) is 23.6. The van der Waals surface area contributed by atoms with Gasteiger partial charge in [-0.05, 0) is 204 Å². The van der Waals surface area contributed by atoms with E-state index in [4.69, 9.17) is 0 Å². The minimum absolute atomic E-state index is 0.0141. The van der Waals surface area contributed by atoms with Gasteiger partial charge in [0.05, 0.1) is 49.8 Å². The van der Waals surface area contributed by atoms with Gasteiger partial charge in [-0.15, -0.1) is 0 Å². The van der Waals surface area contributed by atoms with Crippen molar-refractivity contribution in [2.45, 2.75) is 38.5 Å². The van der Waals surface area contributed by atoms with Gasteiger partial charge in [0.2, 0.25) is 0 Å². The number of hydrogen-bond donors (Lipinski definition) is 0. The third-order valence-corrected chi connectivity index (χ3v) is 23.4.